The third-order valence-corrected chi connectivity index (χ3v) is 5.25. The maximum Gasteiger partial charge on any atom is 0.193 e. The first kappa shape index (κ1) is 20.3. The lowest BCUT2D eigenvalue weighted by molar-refractivity contribution is 0.157. The lowest BCUT2D eigenvalue weighted by atomic mass is 9.88. The molecule has 1 heterocycles. The summed E-state index contributed by atoms with van der Waals surface area (Å²) in [6, 6.07) is 3.92. The highest BCUT2D eigenvalue weighted by atomic mass is 127. The predicted octanol–water partition coefficient (Wildman–Crippen LogP) is 2.93. The minimum atomic E-state index is 0. The molecule has 140 valence electrons. The van der Waals surface area contributed by atoms with Gasteiger partial charge < -0.3 is 20.1 Å². The summed E-state index contributed by atoms with van der Waals surface area (Å²) in [6.07, 6.45) is 5.80. The molecule has 0 saturated carbocycles. The van der Waals surface area contributed by atoms with Gasteiger partial charge in [-0.1, -0.05) is 6.07 Å². The normalized spacial score (nSPS) is 20.2. The van der Waals surface area contributed by atoms with E-state index in [-0.39, 0.29) is 24.0 Å². The monoisotopic (exact) mass is 459 g/mol. The van der Waals surface area contributed by atoms with E-state index >= 15 is 0 Å². The Morgan fingerprint density at radius 1 is 1.36 bits per heavy atom. The standard InChI is InChI=1S/C19H29N3O2.HI/c1-20-19(22-10-9-14(12-22)13-24-2)21-11-17-16-6-4-3-5-15(16)7-8-18(17)23;/h7-8,14,23H,3-6,9-13H2,1-2H3,(H,20,21);1H. The lowest BCUT2D eigenvalue weighted by Crippen LogP contribution is -2.40. The Labute approximate surface area is 167 Å². The molecule has 1 saturated heterocycles. The van der Waals surface area contributed by atoms with Crippen LogP contribution in [0.25, 0.3) is 0 Å². The zero-order chi connectivity index (χ0) is 16.9. The van der Waals surface area contributed by atoms with E-state index in [1.807, 2.05) is 13.1 Å². The Kier molecular flexibility index (Phi) is 7.81. The number of ether oxygens (including phenoxy) is 1. The van der Waals surface area contributed by atoms with E-state index in [0.717, 1.165) is 50.5 Å². The van der Waals surface area contributed by atoms with Crippen LogP contribution in [0.2, 0.25) is 0 Å². The average molecular weight is 459 g/mol. The molecule has 0 bridgehead atoms. The van der Waals surface area contributed by atoms with Crippen LogP contribution in [0.3, 0.4) is 0 Å². The van der Waals surface area contributed by atoms with Gasteiger partial charge >= 0.3 is 0 Å². The Hall–Kier alpha value is -1.02. The number of methoxy groups -OCH3 is 1. The predicted molar refractivity (Wildman–Crippen MR) is 112 cm³/mol. The van der Waals surface area contributed by atoms with Crippen molar-refractivity contribution in [1.29, 1.82) is 0 Å². The molecular formula is C19H30IN3O2. The van der Waals surface area contributed by atoms with Gasteiger partial charge in [0.2, 0.25) is 0 Å². The lowest BCUT2D eigenvalue weighted by Gasteiger charge is -2.24. The van der Waals surface area contributed by atoms with E-state index < -0.39 is 0 Å². The van der Waals surface area contributed by atoms with Gasteiger partial charge in [-0.3, -0.25) is 4.99 Å². The minimum Gasteiger partial charge on any atom is -0.508 e. The third-order valence-electron chi connectivity index (χ3n) is 5.25. The molecule has 1 aliphatic carbocycles. The van der Waals surface area contributed by atoms with Gasteiger partial charge in [-0.2, -0.15) is 0 Å². The number of aromatic hydroxyl groups is 1. The number of fused-ring (bicyclic) bond motifs is 1. The van der Waals surface area contributed by atoms with Gasteiger partial charge in [-0.15, -0.1) is 24.0 Å². The van der Waals surface area contributed by atoms with E-state index in [0.29, 0.717) is 18.2 Å². The van der Waals surface area contributed by atoms with Gasteiger partial charge in [0.15, 0.2) is 5.96 Å². The molecule has 1 unspecified atom stereocenters. The smallest absolute Gasteiger partial charge is 0.193 e. The molecule has 1 aromatic rings. The second-order valence-electron chi connectivity index (χ2n) is 6.86. The first-order chi connectivity index (χ1) is 11.7. The Balaban J connectivity index is 0.00000225. The number of guanidine groups is 1. The summed E-state index contributed by atoms with van der Waals surface area (Å²) in [6.45, 7) is 3.42. The summed E-state index contributed by atoms with van der Waals surface area (Å²) in [5, 5.41) is 13.8. The summed E-state index contributed by atoms with van der Waals surface area (Å²) in [7, 11) is 3.59. The first-order valence-electron chi connectivity index (χ1n) is 9.00. The molecule has 25 heavy (non-hydrogen) atoms. The SMILES string of the molecule is CN=C(NCc1c(O)ccc2c1CCCC2)N1CCC(COC)C1.I. The van der Waals surface area contributed by atoms with E-state index in [4.69, 9.17) is 4.74 Å². The summed E-state index contributed by atoms with van der Waals surface area (Å²) in [5.74, 6) is 1.89. The highest BCUT2D eigenvalue weighted by Gasteiger charge is 2.25. The molecule has 0 amide bonds. The van der Waals surface area contributed by atoms with Crippen LogP contribution in [0.5, 0.6) is 5.75 Å². The van der Waals surface area contributed by atoms with Crippen LogP contribution in [0.1, 0.15) is 36.0 Å². The number of aryl methyl sites for hydroxylation is 1. The molecule has 1 atom stereocenters. The fourth-order valence-corrected chi connectivity index (χ4v) is 3.99. The van der Waals surface area contributed by atoms with Crippen LogP contribution < -0.4 is 5.32 Å². The number of aliphatic imine (C=N–C) groups is 1. The number of phenolic OH excluding ortho intramolecular Hbond substituents is 1. The molecule has 1 aliphatic heterocycles. The summed E-state index contributed by atoms with van der Waals surface area (Å²) in [5.41, 5.74) is 3.77. The summed E-state index contributed by atoms with van der Waals surface area (Å²) < 4.78 is 5.27. The van der Waals surface area contributed by atoms with E-state index in [1.165, 1.54) is 24.0 Å². The molecule has 1 aromatic carbocycles. The topological polar surface area (TPSA) is 57.1 Å². The minimum absolute atomic E-state index is 0. The first-order valence-corrected chi connectivity index (χ1v) is 9.00. The molecule has 3 rings (SSSR count). The van der Waals surface area contributed by atoms with Crippen molar-refractivity contribution in [2.75, 3.05) is 33.9 Å². The number of likely N-dealkylation sites (tertiary alicyclic amines) is 1. The van der Waals surface area contributed by atoms with Crippen LogP contribution in [-0.2, 0) is 24.1 Å². The van der Waals surface area contributed by atoms with Crippen molar-refractivity contribution in [3.05, 3.63) is 28.8 Å². The number of rotatable bonds is 4. The van der Waals surface area contributed by atoms with Crippen molar-refractivity contribution < 1.29 is 9.84 Å². The second kappa shape index (κ2) is 9.62. The Morgan fingerprint density at radius 3 is 2.92 bits per heavy atom. The van der Waals surface area contributed by atoms with Crippen molar-refractivity contribution in [3.8, 4) is 5.75 Å². The molecule has 6 heteroatoms. The van der Waals surface area contributed by atoms with Crippen molar-refractivity contribution in [2.45, 2.75) is 38.6 Å². The van der Waals surface area contributed by atoms with Crippen molar-refractivity contribution >= 4 is 29.9 Å². The highest BCUT2D eigenvalue weighted by Crippen LogP contribution is 2.30. The van der Waals surface area contributed by atoms with Crippen LogP contribution in [-0.4, -0.2) is 49.8 Å². The maximum atomic E-state index is 10.3. The number of halogens is 1. The van der Waals surface area contributed by atoms with E-state index in [9.17, 15) is 5.11 Å². The number of nitrogens with zero attached hydrogens (tertiary/aromatic N) is 2. The van der Waals surface area contributed by atoms with E-state index in [2.05, 4.69) is 21.3 Å². The van der Waals surface area contributed by atoms with Crippen molar-refractivity contribution in [1.82, 2.24) is 10.2 Å². The van der Waals surface area contributed by atoms with Crippen LogP contribution >= 0.6 is 24.0 Å². The van der Waals surface area contributed by atoms with Crippen molar-refractivity contribution in [3.63, 3.8) is 0 Å². The zero-order valence-electron chi connectivity index (χ0n) is 15.3. The average Bonchev–Trinajstić information content (AvgIpc) is 3.06. The van der Waals surface area contributed by atoms with Gasteiger partial charge in [0.25, 0.3) is 0 Å². The Morgan fingerprint density at radius 2 is 2.16 bits per heavy atom. The van der Waals surface area contributed by atoms with Gasteiger partial charge in [-0.25, -0.2) is 0 Å². The molecule has 1 fully saturated rings. The number of phenols is 1. The quantitative estimate of drug-likeness (QED) is 0.413. The highest BCUT2D eigenvalue weighted by molar-refractivity contribution is 14.0. The van der Waals surface area contributed by atoms with E-state index in [1.54, 1.807) is 7.11 Å². The fourth-order valence-electron chi connectivity index (χ4n) is 3.99. The molecule has 0 spiro atoms. The largest absolute Gasteiger partial charge is 0.508 e. The van der Waals surface area contributed by atoms with Gasteiger partial charge in [0.05, 0.1) is 6.61 Å². The second-order valence-corrected chi connectivity index (χ2v) is 6.86. The molecule has 5 nitrogen and oxygen atoms in total. The van der Waals surface area contributed by atoms with Gasteiger partial charge in [0.1, 0.15) is 5.75 Å². The molecule has 0 radical (unpaired) electrons. The summed E-state index contributed by atoms with van der Waals surface area (Å²) in [4.78, 5) is 6.72. The molecular weight excluding hydrogens is 429 g/mol. The molecule has 2 N–H and O–H groups in total. The van der Waals surface area contributed by atoms with Gasteiger partial charge in [0, 0.05) is 45.3 Å². The number of benzene rings is 1. The number of hydrogen-bond acceptors (Lipinski definition) is 3. The molecule has 0 aromatic heterocycles. The molecule has 2 aliphatic rings. The third kappa shape index (κ3) is 4.78. The number of nitrogens with one attached hydrogen (secondary N) is 1. The summed E-state index contributed by atoms with van der Waals surface area (Å²) >= 11 is 0. The van der Waals surface area contributed by atoms with Crippen LogP contribution in [0.15, 0.2) is 17.1 Å². The maximum absolute atomic E-state index is 10.3. The van der Waals surface area contributed by atoms with Crippen molar-refractivity contribution in [2.24, 2.45) is 10.9 Å². The number of hydrogen-bond donors (Lipinski definition) is 2. The zero-order valence-corrected chi connectivity index (χ0v) is 17.6. The fraction of sp³-hybridized carbons (Fsp3) is 0.632. The Bertz CT molecular complexity index is 607. The van der Waals surface area contributed by atoms with Gasteiger partial charge in [-0.05, 0) is 49.3 Å². The van der Waals surface area contributed by atoms with Crippen LogP contribution in [0, 0.1) is 5.92 Å². The van der Waals surface area contributed by atoms with Crippen LogP contribution in [0.4, 0.5) is 0 Å².